The first-order valence-corrected chi connectivity index (χ1v) is 5.92. The third-order valence-corrected chi connectivity index (χ3v) is 3.38. The monoisotopic (exact) mass is 224 g/mol. The molecule has 1 fully saturated rings. The van der Waals surface area contributed by atoms with Crippen LogP contribution in [0.2, 0.25) is 0 Å². The van der Waals surface area contributed by atoms with E-state index in [9.17, 15) is 0 Å². The molecule has 1 aliphatic rings. The van der Waals surface area contributed by atoms with Crippen molar-refractivity contribution in [2.75, 3.05) is 13.1 Å². The van der Waals surface area contributed by atoms with E-state index in [1.807, 2.05) is 13.8 Å². The van der Waals surface area contributed by atoms with Crippen LogP contribution in [-0.4, -0.2) is 24.4 Å². The third kappa shape index (κ3) is 2.44. The molecule has 2 unspecified atom stereocenters. The highest BCUT2D eigenvalue weighted by Crippen LogP contribution is 2.19. The minimum Gasteiger partial charge on any atom is -0.372 e. The number of rotatable bonds is 3. The lowest BCUT2D eigenvalue weighted by Gasteiger charge is -2.29. The Labute approximate surface area is 96.3 Å². The van der Waals surface area contributed by atoms with Crippen LogP contribution in [0.3, 0.4) is 0 Å². The Morgan fingerprint density at radius 1 is 1.50 bits per heavy atom. The van der Waals surface area contributed by atoms with Gasteiger partial charge in [-0.2, -0.15) is 0 Å². The summed E-state index contributed by atoms with van der Waals surface area (Å²) in [5.41, 5.74) is 2.03. The van der Waals surface area contributed by atoms with E-state index in [4.69, 9.17) is 9.26 Å². The minimum absolute atomic E-state index is 0.308. The number of ether oxygens (including phenoxy) is 1. The molecule has 2 rings (SSSR count). The molecule has 0 aliphatic carbocycles. The SMILES string of the molecule is Cc1noc(C)c1COC1CNCCC1C. The van der Waals surface area contributed by atoms with Crippen LogP contribution in [-0.2, 0) is 11.3 Å². The van der Waals surface area contributed by atoms with Crippen LogP contribution in [0.5, 0.6) is 0 Å². The topological polar surface area (TPSA) is 47.3 Å². The smallest absolute Gasteiger partial charge is 0.139 e. The Balaban J connectivity index is 1.91. The van der Waals surface area contributed by atoms with Crippen LogP contribution in [0.4, 0.5) is 0 Å². The summed E-state index contributed by atoms with van der Waals surface area (Å²) >= 11 is 0. The minimum atomic E-state index is 0.308. The van der Waals surface area contributed by atoms with E-state index in [0.717, 1.165) is 30.1 Å². The fraction of sp³-hybridized carbons (Fsp3) is 0.750. The van der Waals surface area contributed by atoms with Crippen molar-refractivity contribution in [2.24, 2.45) is 5.92 Å². The van der Waals surface area contributed by atoms with E-state index in [-0.39, 0.29) is 0 Å². The largest absolute Gasteiger partial charge is 0.372 e. The number of nitrogens with one attached hydrogen (secondary N) is 1. The van der Waals surface area contributed by atoms with Crippen LogP contribution in [0.1, 0.15) is 30.4 Å². The van der Waals surface area contributed by atoms with Crippen molar-refractivity contribution in [3.63, 3.8) is 0 Å². The number of aromatic nitrogens is 1. The van der Waals surface area contributed by atoms with E-state index < -0.39 is 0 Å². The van der Waals surface area contributed by atoms with Crippen molar-refractivity contribution in [3.05, 3.63) is 17.0 Å². The van der Waals surface area contributed by atoms with E-state index >= 15 is 0 Å². The average molecular weight is 224 g/mol. The summed E-state index contributed by atoms with van der Waals surface area (Å²) in [6.07, 6.45) is 1.49. The molecule has 1 aliphatic heterocycles. The van der Waals surface area contributed by atoms with Gasteiger partial charge in [-0.1, -0.05) is 12.1 Å². The summed E-state index contributed by atoms with van der Waals surface area (Å²) in [5.74, 6) is 1.50. The molecule has 0 saturated carbocycles. The molecule has 0 spiro atoms. The summed E-state index contributed by atoms with van der Waals surface area (Å²) in [7, 11) is 0. The molecule has 2 heterocycles. The van der Waals surface area contributed by atoms with Crippen molar-refractivity contribution in [1.82, 2.24) is 10.5 Å². The standard InChI is InChI=1S/C12H20N2O2/c1-8-4-5-13-6-12(8)15-7-11-9(2)14-16-10(11)3/h8,12-13H,4-7H2,1-3H3. The second-order valence-electron chi connectivity index (χ2n) is 4.62. The second-order valence-corrected chi connectivity index (χ2v) is 4.62. The molecular formula is C12H20N2O2. The van der Waals surface area contributed by atoms with Gasteiger partial charge in [0.1, 0.15) is 5.76 Å². The molecule has 1 saturated heterocycles. The predicted octanol–water partition coefficient (Wildman–Crippen LogP) is 1.81. The quantitative estimate of drug-likeness (QED) is 0.850. The molecule has 1 N–H and O–H groups in total. The fourth-order valence-corrected chi connectivity index (χ4v) is 2.08. The van der Waals surface area contributed by atoms with Gasteiger partial charge in [-0.25, -0.2) is 0 Å². The maximum absolute atomic E-state index is 5.94. The van der Waals surface area contributed by atoms with Crippen molar-refractivity contribution in [2.45, 2.75) is 39.9 Å². The molecule has 0 aromatic carbocycles. The van der Waals surface area contributed by atoms with Gasteiger partial charge in [-0.05, 0) is 32.7 Å². The highest BCUT2D eigenvalue weighted by atomic mass is 16.5. The molecular weight excluding hydrogens is 204 g/mol. The van der Waals surface area contributed by atoms with Crippen LogP contribution in [0.15, 0.2) is 4.52 Å². The van der Waals surface area contributed by atoms with Gasteiger partial charge in [0.25, 0.3) is 0 Å². The molecule has 1 aromatic rings. The van der Waals surface area contributed by atoms with Gasteiger partial charge < -0.3 is 14.6 Å². The molecule has 0 radical (unpaired) electrons. The summed E-state index contributed by atoms with van der Waals surface area (Å²) in [6.45, 7) is 8.80. The molecule has 90 valence electrons. The maximum Gasteiger partial charge on any atom is 0.139 e. The zero-order valence-electron chi connectivity index (χ0n) is 10.2. The Bertz CT molecular complexity index is 329. The van der Waals surface area contributed by atoms with E-state index in [0.29, 0.717) is 18.6 Å². The van der Waals surface area contributed by atoms with Gasteiger partial charge in [0, 0.05) is 12.1 Å². The molecule has 2 atom stereocenters. The first-order valence-electron chi connectivity index (χ1n) is 5.92. The summed E-state index contributed by atoms with van der Waals surface area (Å²) in [5, 5.41) is 7.29. The van der Waals surface area contributed by atoms with Crippen LogP contribution in [0, 0.1) is 19.8 Å². The first kappa shape index (κ1) is 11.6. The Morgan fingerprint density at radius 2 is 2.31 bits per heavy atom. The lowest BCUT2D eigenvalue weighted by atomic mass is 9.97. The van der Waals surface area contributed by atoms with E-state index in [1.165, 1.54) is 6.42 Å². The van der Waals surface area contributed by atoms with E-state index in [2.05, 4.69) is 17.4 Å². The second kappa shape index (κ2) is 4.97. The zero-order valence-corrected chi connectivity index (χ0v) is 10.2. The maximum atomic E-state index is 5.94. The van der Waals surface area contributed by atoms with Gasteiger partial charge in [0.05, 0.1) is 18.4 Å². The Hall–Kier alpha value is -0.870. The third-order valence-electron chi connectivity index (χ3n) is 3.38. The Kier molecular flexibility index (Phi) is 3.61. The zero-order chi connectivity index (χ0) is 11.5. The number of nitrogens with zero attached hydrogens (tertiary/aromatic N) is 1. The average Bonchev–Trinajstić information content (AvgIpc) is 2.58. The van der Waals surface area contributed by atoms with Crippen molar-refractivity contribution < 1.29 is 9.26 Å². The van der Waals surface area contributed by atoms with Crippen LogP contribution >= 0.6 is 0 Å². The van der Waals surface area contributed by atoms with Gasteiger partial charge >= 0.3 is 0 Å². The van der Waals surface area contributed by atoms with Gasteiger partial charge in [0.15, 0.2) is 0 Å². The lowest BCUT2D eigenvalue weighted by Crippen LogP contribution is -2.40. The van der Waals surface area contributed by atoms with Crippen LogP contribution < -0.4 is 5.32 Å². The molecule has 1 aromatic heterocycles. The van der Waals surface area contributed by atoms with Gasteiger partial charge in [0.2, 0.25) is 0 Å². The number of hydrogen-bond donors (Lipinski definition) is 1. The molecule has 4 nitrogen and oxygen atoms in total. The number of aryl methyl sites for hydroxylation is 2. The normalized spacial score (nSPS) is 25.9. The molecule has 4 heteroatoms. The van der Waals surface area contributed by atoms with Gasteiger partial charge in [-0.3, -0.25) is 0 Å². The summed E-state index contributed by atoms with van der Waals surface area (Å²) in [6, 6.07) is 0. The fourth-order valence-electron chi connectivity index (χ4n) is 2.08. The van der Waals surface area contributed by atoms with Crippen LogP contribution in [0.25, 0.3) is 0 Å². The molecule has 0 amide bonds. The Morgan fingerprint density at radius 3 is 2.94 bits per heavy atom. The van der Waals surface area contributed by atoms with Crippen molar-refractivity contribution >= 4 is 0 Å². The highest BCUT2D eigenvalue weighted by Gasteiger charge is 2.22. The number of piperidine rings is 1. The first-order chi connectivity index (χ1) is 7.68. The van der Waals surface area contributed by atoms with Crippen molar-refractivity contribution in [3.8, 4) is 0 Å². The van der Waals surface area contributed by atoms with Gasteiger partial charge in [-0.15, -0.1) is 0 Å². The molecule has 0 bridgehead atoms. The summed E-state index contributed by atoms with van der Waals surface area (Å²) < 4.78 is 11.1. The lowest BCUT2D eigenvalue weighted by molar-refractivity contribution is -0.00717. The summed E-state index contributed by atoms with van der Waals surface area (Å²) in [4.78, 5) is 0. The molecule has 16 heavy (non-hydrogen) atoms. The highest BCUT2D eigenvalue weighted by molar-refractivity contribution is 5.19. The number of hydrogen-bond acceptors (Lipinski definition) is 4. The van der Waals surface area contributed by atoms with E-state index in [1.54, 1.807) is 0 Å². The predicted molar refractivity (Wildman–Crippen MR) is 61.2 cm³/mol. The van der Waals surface area contributed by atoms with Crippen molar-refractivity contribution in [1.29, 1.82) is 0 Å².